The summed E-state index contributed by atoms with van der Waals surface area (Å²) in [6.45, 7) is 2.35. The van der Waals surface area contributed by atoms with E-state index in [2.05, 4.69) is 5.32 Å². The molecule has 0 saturated heterocycles. The molecule has 0 spiro atoms. The number of amides is 1. The van der Waals surface area contributed by atoms with E-state index in [0.717, 1.165) is 11.1 Å². The summed E-state index contributed by atoms with van der Waals surface area (Å²) in [4.78, 5) is 23.6. The van der Waals surface area contributed by atoms with Crippen molar-refractivity contribution in [2.45, 2.75) is 13.5 Å². The van der Waals surface area contributed by atoms with Crippen molar-refractivity contribution in [3.05, 3.63) is 71.3 Å². The third-order valence-corrected chi connectivity index (χ3v) is 2.78. The number of nitrogens with one attached hydrogen (secondary N) is 1. The third kappa shape index (κ3) is 3.52. The Labute approximate surface area is 112 Å². The topological polar surface area (TPSA) is 46.2 Å². The van der Waals surface area contributed by atoms with Crippen molar-refractivity contribution < 1.29 is 9.59 Å². The van der Waals surface area contributed by atoms with Crippen molar-refractivity contribution in [3.63, 3.8) is 0 Å². The Kier molecular flexibility index (Phi) is 4.08. The first-order chi connectivity index (χ1) is 9.16. The first-order valence-corrected chi connectivity index (χ1v) is 6.10. The molecule has 0 saturated carbocycles. The van der Waals surface area contributed by atoms with Gasteiger partial charge in [0.2, 0.25) is 5.78 Å². The summed E-state index contributed by atoms with van der Waals surface area (Å²) in [5.74, 6) is -1.08. The average molecular weight is 253 g/mol. The van der Waals surface area contributed by atoms with E-state index < -0.39 is 11.7 Å². The van der Waals surface area contributed by atoms with Gasteiger partial charge in [-0.2, -0.15) is 0 Å². The van der Waals surface area contributed by atoms with Crippen molar-refractivity contribution in [2.24, 2.45) is 0 Å². The van der Waals surface area contributed by atoms with Crippen LogP contribution >= 0.6 is 0 Å². The average Bonchev–Trinajstić information content (AvgIpc) is 2.45. The predicted octanol–water partition coefficient (Wildman–Crippen LogP) is 2.49. The third-order valence-electron chi connectivity index (χ3n) is 2.78. The fraction of sp³-hybridized carbons (Fsp3) is 0.125. The van der Waals surface area contributed by atoms with Gasteiger partial charge in [-0.3, -0.25) is 9.59 Å². The first-order valence-electron chi connectivity index (χ1n) is 6.10. The fourth-order valence-corrected chi connectivity index (χ4v) is 1.81. The molecular weight excluding hydrogens is 238 g/mol. The van der Waals surface area contributed by atoms with E-state index in [4.69, 9.17) is 0 Å². The van der Waals surface area contributed by atoms with Gasteiger partial charge in [0.25, 0.3) is 5.91 Å². The summed E-state index contributed by atoms with van der Waals surface area (Å²) in [6.07, 6.45) is 0. The van der Waals surface area contributed by atoms with Crippen LogP contribution in [0.25, 0.3) is 0 Å². The molecule has 19 heavy (non-hydrogen) atoms. The van der Waals surface area contributed by atoms with Gasteiger partial charge in [0.05, 0.1) is 0 Å². The van der Waals surface area contributed by atoms with Gasteiger partial charge in [-0.1, -0.05) is 60.2 Å². The summed E-state index contributed by atoms with van der Waals surface area (Å²) in [5, 5.41) is 2.64. The van der Waals surface area contributed by atoms with E-state index in [1.165, 1.54) is 0 Å². The first kappa shape index (κ1) is 13.0. The Hall–Kier alpha value is -2.42. The van der Waals surface area contributed by atoms with Gasteiger partial charge in [-0.25, -0.2) is 0 Å². The summed E-state index contributed by atoms with van der Waals surface area (Å²) in [6, 6.07) is 16.4. The van der Waals surface area contributed by atoms with Crippen molar-refractivity contribution in [2.75, 3.05) is 0 Å². The van der Waals surface area contributed by atoms with E-state index in [-0.39, 0.29) is 0 Å². The minimum Gasteiger partial charge on any atom is -0.345 e. The SMILES string of the molecule is Cc1cccc(CNC(=O)C(=O)c2ccccc2)c1. The maximum Gasteiger partial charge on any atom is 0.292 e. The molecule has 3 nitrogen and oxygen atoms in total. The molecule has 0 unspecified atom stereocenters. The van der Waals surface area contributed by atoms with Gasteiger partial charge in [0, 0.05) is 12.1 Å². The van der Waals surface area contributed by atoms with Crippen LogP contribution in [0.15, 0.2) is 54.6 Å². The molecular formula is C16H15NO2. The smallest absolute Gasteiger partial charge is 0.292 e. The number of carbonyl (C=O) groups excluding carboxylic acids is 2. The van der Waals surface area contributed by atoms with E-state index in [1.807, 2.05) is 31.2 Å². The van der Waals surface area contributed by atoms with Gasteiger partial charge in [0.15, 0.2) is 0 Å². The van der Waals surface area contributed by atoms with Gasteiger partial charge >= 0.3 is 0 Å². The highest BCUT2D eigenvalue weighted by Crippen LogP contribution is 2.04. The van der Waals surface area contributed by atoms with Gasteiger partial charge < -0.3 is 5.32 Å². The molecule has 0 atom stereocenters. The molecule has 0 bridgehead atoms. The molecule has 1 N–H and O–H groups in total. The van der Waals surface area contributed by atoms with Gasteiger partial charge in [-0.15, -0.1) is 0 Å². The maximum atomic E-state index is 11.8. The quantitative estimate of drug-likeness (QED) is 0.672. The molecule has 0 aromatic heterocycles. The molecule has 0 aliphatic rings. The van der Waals surface area contributed by atoms with Gasteiger partial charge in [0.1, 0.15) is 0 Å². The zero-order valence-electron chi connectivity index (χ0n) is 10.7. The van der Waals surface area contributed by atoms with E-state index in [0.29, 0.717) is 12.1 Å². The van der Waals surface area contributed by atoms with Crippen molar-refractivity contribution in [3.8, 4) is 0 Å². The lowest BCUT2D eigenvalue weighted by Gasteiger charge is -2.05. The largest absolute Gasteiger partial charge is 0.345 e. The van der Waals surface area contributed by atoms with Gasteiger partial charge in [-0.05, 0) is 12.5 Å². The monoisotopic (exact) mass is 253 g/mol. The molecule has 0 aliphatic carbocycles. The molecule has 1 amide bonds. The Bertz CT molecular complexity index is 591. The second kappa shape index (κ2) is 5.96. The van der Waals surface area contributed by atoms with Crippen LogP contribution < -0.4 is 5.32 Å². The maximum absolute atomic E-state index is 11.8. The molecule has 2 aromatic rings. The van der Waals surface area contributed by atoms with Crippen molar-refractivity contribution in [1.29, 1.82) is 0 Å². The van der Waals surface area contributed by atoms with Crippen LogP contribution in [0.3, 0.4) is 0 Å². The number of hydrogen-bond donors (Lipinski definition) is 1. The number of rotatable bonds is 4. The second-order valence-electron chi connectivity index (χ2n) is 4.37. The normalized spacial score (nSPS) is 9.95. The Balaban J connectivity index is 1.97. The fourth-order valence-electron chi connectivity index (χ4n) is 1.81. The standard InChI is InChI=1S/C16H15NO2/c1-12-6-5-7-13(10-12)11-17-16(19)15(18)14-8-3-2-4-9-14/h2-10H,11H2,1H3,(H,17,19). The Morgan fingerprint density at radius 2 is 1.74 bits per heavy atom. The van der Waals surface area contributed by atoms with Crippen LogP contribution in [-0.2, 0) is 11.3 Å². The summed E-state index contributed by atoms with van der Waals surface area (Å²) in [7, 11) is 0. The second-order valence-corrected chi connectivity index (χ2v) is 4.37. The molecule has 96 valence electrons. The zero-order chi connectivity index (χ0) is 13.7. The van der Waals surface area contributed by atoms with Crippen molar-refractivity contribution in [1.82, 2.24) is 5.32 Å². The summed E-state index contributed by atoms with van der Waals surface area (Å²) >= 11 is 0. The Morgan fingerprint density at radius 1 is 1.00 bits per heavy atom. The molecule has 0 heterocycles. The van der Waals surface area contributed by atoms with Crippen LogP contribution in [0.1, 0.15) is 21.5 Å². The van der Waals surface area contributed by atoms with E-state index in [9.17, 15) is 9.59 Å². The lowest BCUT2D eigenvalue weighted by Crippen LogP contribution is -2.30. The van der Waals surface area contributed by atoms with E-state index >= 15 is 0 Å². The number of hydrogen-bond acceptors (Lipinski definition) is 2. The molecule has 3 heteroatoms. The van der Waals surface area contributed by atoms with E-state index in [1.54, 1.807) is 30.3 Å². The van der Waals surface area contributed by atoms with Crippen LogP contribution in [-0.4, -0.2) is 11.7 Å². The highest BCUT2D eigenvalue weighted by atomic mass is 16.2. The molecule has 2 rings (SSSR count). The van der Waals surface area contributed by atoms with Crippen LogP contribution in [0.4, 0.5) is 0 Å². The minimum atomic E-state index is -0.576. The number of aryl methyl sites for hydroxylation is 1. The zero-order valence-corrected chi connectivity index (χ0v) is 10.7. The van der Waals surface area contributed by atoms with Crippen LogP contribution in [0.5, 0.6) is 0 Å². The molecule has 2 aromatic carbocycles. The van der Waals surface area contributed by atoms with Crippen LogP contribution in [0, 0.1) is 6.92 Å². The molecule has 0 radical (unpaired) electrons. The number of benzene rings is 2. The lowest BCUT2D eigenvalue weighted by molar-refractivity contribution is -0.117. The molecule has 0 fully saturated rings. The highest BCUT2D eigenvalue weighted by Gasteiger charge is 2.14. The molecule has 0 aliphatic heterocycles. The number of carbonyl (C=O) groups is 2. The minimum absolute atomic E-state index is 0.360. The summed E-state index contributed by atoms with van der Waals surface area (Å²) in [5.41, 5.74) is 2.51. The van der Waals surface area contributed by atoms with Crippen molar-refractivity contribution >= 4 is 11.7 Å². The number of ketones is 1. The lowest BCUT2D eigenvalue weighted by atomic mass is 10.1. The number of Topliss-reactive ketones (excluding diaryl/α,β-unsaturated/α-hetero) is 1. The predicted molar refractivity (Wildman–Crippen MR) is 73.8 cm³/mol. The highest BCUT2D eigenvalue weighted by molar-refractivity contribution is 6.42. The summed E-state index contributed by atoms with van der Waals surface area (Å²) < 4.78 is 0. The Morgan fingerprint density at radius 3 is 2.42 bits per heavy atom. The van der Waals surface area contributed by atoms with Crippen LogP contribution in [0.2, 0.25) is 0 Å².